The molecule has 0 fully saturated rings. The molecule has 0 bridgehead atoms. The Kier molecular flexibility index (Phi) is 2.37. The molecule has 3 N–H and O–H groups in total. The van der Waals surface area contributed by atoms with E-state index in [0.717, 1.165) is 12.1 Å². The van der Waals surface area contributed by atoms with Crippen LogP contribution in [0.15, 0.2) is 10.6 Å². The molecule has 0 aliphatic carbocycles. The number of carbonyl (C=O) groups is 1. The number of amides is 2. The molecular formula is C8H14N2OS. The Morgan fingerprint density at radius 2 is 2.25 bits per heavy atom. The standard InChI is InChI=1S/C8H14N2OS/c1-5-6(10-7(9)11)4-8(2,3)12-5/h4H2,1-3H3,(H3,9,10,11). The van der Waals surface area contributed by atoms with E-state index < -0.39 is 6.03 Å². The van der Waals surface area contributed by atoms with Crippen LogP contribution in [0.2, 0.25) is 0 Å². The molecule has 3 nitrogen and oxygen atoms in total. The van der Waals surface area contributed by atoms with Gasteiger partial charge in [-0.1, -0.05) is 0 Å². The minimum absolute atomic E-state index is 0.196. The average Bonchev–Trinajstić information content (AvgIpc) is 2.03. The number of allylic oxidation sites excluding steroid dienone is 2. The van der Waals surface area contributed by atoms with Crippen LogP contribution in [0.25, 0.3) is 0 Å². The lowest BCUT2D eigenvalue weighted by atomic mass is 10.1. The summed E-state index contributed by atoms with van der Waals surface area (Å²) in [5.41, 5.74) is 6.00. The monoisotopic (exact) mass is 186 g/mol. The lowest BCUT2D eigenvalue weighted by Crippen LogP contribution is -2.29. The molecule has 0 saturated heterocycles. The van der Waals surface area contributed by atoms with Crippen molar-refractivity contribution in [1.82, 2.24) is 5.32 Å². The van der Waals surface area contributed by atoms with Crippen molar-refractivity contribution in [2.75, 3.05) is 0 Å². The number of rotatable bonds is 1. The van der Waals surface area contributed by atoms with Crippen molar-refractivity contribution in [3.63, 3.8) is 0 Å². The van der Waals surface area contributed by atoms with Gasteiger partial charge in [0.05, 0.1) is 0 Å². The van der Waals surface area contributed by atoms with Gasteiger partial charge in [-0.2, -0.15) is 0 Å². The first kappa shape index (κ1) is 9.45. The smallest absolute Gasteiger partial charge is 0.316 e. The minimum Gasteiger partial charge on any atom is -0.351 e. The van der Waals surface area contributed by atoms with Crippen LogP contribution in [-0.4, -0.2) is 10.8 Å². The molecule has 2 amide bonds. The lowest BCUT2D eigenvalue weighted by Gasteiger charge is -2.15. The van der Waals surface area contributed by atoms with Crippen LogP contribution in [0, 0.1) is 0 Å². The first-order valence-electron chi connectivity index (χ1n) is 3.86. The third kappa shape index (κ3) is 2.17. The maximum absolute atomic E-state index is 10.6. The van der Waals surface area contributed by atoms with Gasteiger partial charge in [0.1, 0.15) is 0 Å². The first-order chi connectivity index (χ1) is 5.41. The van der Waals surface area contributed by atoms with Gasteiger partial charge < -0.3 is 11.1 Å². The maximum atomic E-state index is 10.6. The van der Waals surface area contributed by atoms with Crippen molar-refractivity contribution in [2.45, 2.75) is 31.9 Å². The van der Waals surface area contributed by atoms with Gasteiger partial charge in [0.15, 0.2) is 0 Å². The second-order valence-electron chi connectivity index (χ2n) is 3.56. The van der Waals surface area contributed by atoms with Gasteiger partial charge in [-0.25, -0.2) is 4.79 Å². The summed E-state index contributed by atoms with van der Waals surface area (Å²) in [6.07, 6.45) is 0.881. The fourth-order valence-corrected chi connectivity index (χ4v) is 2.64. The minimum atomic E-state index is -0.470. The molecule has 1 aliphatic heterocycles. The molecule has 0 aromatic carbocycles. The fourth-order valence-electron chi connectivity index (χ4n) is 1.34. The second kappa shape index (κ2) is 3.01. The molecule has 0 saturated carbocycles. The van der Waals surface area contributed by atoms with E-state index in [1.54, 1.807) is 11.8 Å². The number of hydrogen-bond acceptors (Lipinski definition) is 2. The van der Waals surface area contributed by atoms with Gasteiger partial charge >= 0.3 is 6.03 Å². The highest BCUT2D eigenvalue weighted by Gasteiger charge is 2.29. The normalized spacial score (nSPS) is 21.2. The molecule has 1 heterocycles. The highest BCUT2D eigenvalue weighted by Crippen LogP contribution is 2.44. The van der Waals surface area contributed by atoms with Crippen molar-refractivity contribution in [3.8, 4) is 0 Å². The van der Waals surface area contributed by atoms with Gasteiger partial charge in [-0.05, 0) is 20.8 Å². The summed E-state index contributed by atoms with van der Waals surface area (Å²) in [6, 6.07) is -0.470. The number of thioether (sulfide) groups is 1. The third-order valence-electron chi connectivity index (χ3n) is 1.73. The number of primary amides is 1. The number of hydrogen-bond donors (Lipinski definition) is 2. The van der Waals surface area contributed by atoms with Crippen LogP contribution in [0.5, 0.6) is 0 Å². The zero-order valence-corrected chi connectivity index (χ0v) is 8.42. The summed E-state index contributed by atoms with van der Waals surface area (Å²) < 4.78 is 0.196. The Bertz CT molecular complexity index is 245. The summed E-state index contributed by atoms with van der Waals surface area (Å²) in [5, 5.41) is 2.64. The zero-order valence-electron chi connectivity index (χ0n) is 7.60. The van der Waals surface area contributed by atoms with Crippen molar-refractivity contribution in [1.29, 1.82) is 0 Å². The number of urea groups is 1. The fraction of sp³-hybridized carbons (Fsp3) is 0.625. The SMILES string of the molecule is CC1=C(NC(N)=O)CC(C)(C)S1. The molecule has 0 aromatic heterocycles. The lowest BCUT2D eigenvalue weighted by molar-refractivity contribution is 0.251. The van der Waals surface area contributed by atoms with Crippen LogP contribution < -0.4 is 11.1 Å². The zero-order chi connectivity index (χ0) is 9.35. The molecule has 0 unspecified atom stereocenters. The van der Waals surface area contributed by atoms with E-state index in [9.17, 15) is 4.79 Å². The Hall–Kier alpha value is -0.640. The predicted octanol–water partition coefficient (Wildman–Crippen LogP) is 1.80. The van der Waals surface area contributed by atoms with E-state index in [2.05, 4.69) is 19.2 Å². The van der Waals surface area contributed by atoms with Crippen molar-refractivity contribution < 1.29 is 4.79 Å². The third-order valence-corrected chi connectivity index (χ3v) is 2.98. The summed E-state index contributed by atoms with van der Waals surface area (Å²) in [6.45, 7) is 6.30. The van der Waals surface area contributed by atoms with E-state index in [0.29, 0.717) is 0 Å². The van der Waals surface area contributed by atoms with Crippen molar-refractivity contribution in [3.05, 3.63) is 10.6 Å². The molecule has 1 aliphatic rings. The van der Waals surface area contributed by atoms with E-state index in [4.69, 9.17) is 5.73 Å². The molecule has 0 radical (unpaired) electrons. The Morgan fingerprint density at radius 3 is 2.58 bits per heavy atom. The molecule has 0 spiro atoms. The van der Waals surface area contributed by atoms with Gasteiger partial charge in [0, 0.05) is 21.8 Å². The summed E-state index contributed by atoms with van der Waals surface area (Å²) in [7, 11) is 0. The molecule has 0 aromatic rings. The van der Waals surface area contributed by atoms with Crippen molar-refractivity contribution in [2.24, 2.45) is 5.73 Å². The summed E-state index contributed by atoms with van der Waals surface area (Å²) in [4.78, 5) is 11.7. The van der Waals surface area contributed by atoms with Gasteiger partial charge in [-0.3, -0.25) is 0 Å². The van der Waals surface area contributed by atoms with Crippen LogP contribution >= 0.6 is 11.8 Å². The second-order valence-corrected chi connectivity index (χ2v) is 5.48. The quantitative estimate of drug-likeness (QED) is 0.656. The molecule has 0 atom stereocenters. The van der Waals surface area contributed by atoms with Crippen LogP contribution in [0.4, 0.5) is 4.79 Å². The van der Waals surface area contributed by atoms with E-state index in [1.807, 2.05) is 6.92 Å². The van der Waals surface area contributed by atoms with Crippen LogP contribution in [-0.2, 0) is 0 Å². The largest absolute Gasteiger partial charge is 0.351 e. The highest BCUT2D eigenvalue weighted by molar-refractivity contribution is 8.04. The van der Waals surface area contributed by atoms with Crippen LogP contribution in [0.1, 0.15) is 27.2 Å². The first-order valence-corrected chi connectivity index (χ1v) is 4.67. The summed E-state index contributed by atoms with van der Waals surface area (Å²) >= 11 is 1.78. The Morgan fingerprint density at radius 1 is 1.67 bits per heavy atom. The van der Waals surface area contributed by atoms with E-state index in [1.165, 1.54) is 4.91 Å². The van der Waals surface area contributed by atoms with E-state index in [-0.39, 0.29) is 4.75 Å². The average molecular weight is 186 g/mol. The molecular weight excluding hydrogens is 172 g/mol. The summed E-state index contributed by atoms with van der Waals surface area (Å²) in [5.74, 6) is 0. The van der Waals surface area contributed by atoms with Gasteiger partial charge in [0.25, 0.3) is 0 Å². The van der Waals surface area contributed by atoms with Crippen LogP contribution in [0.3, 0.4) is 0 Å². The Balaban J connectivity index is 2.67. The number of nitrogens with two attached hydrogens (primary N) is 1. The molecule has 68 valence electrons. The maximum Gasteiger partial charge on any atom is 0.316 e. The molecule has 12 heavy (non-hydrogen) atoms. The number of nitrogens with one attached hydrogen (secondary N) is 1. The van der Waals surface area contributed by atoms with Gasteiger partial charge in [0.2, 0.25) is 0 Å². The Labute approximate surface area is 76.8 Å². The van der Waals surface area contributed by atoms with E-state index >= 15 is 0 Å². The number of carbonyl (C=O) groups excluding carboxylic acids is 1. The van der Waals surface area contributed by atoms with Gasteiger partial charge in [-0.15, -0.1) is 11.8 Å². The highest BCUT2D eigenvalue weighted by atomic mass is 32.2. The topological polar surface area (TPSA) is 55.1 Å². The predicted molar refractivity (Wildman–Crippen MR) is 51.7 cm³/mol. The molecule has 1 rings (SSSR count). The molecule has 4 heteroatoms. The van der Waals surface area contributed by atoms with Crippen molar-refractivity contribution >= 4 is 17.8 Å².